The molecular weight excluding hydrogens is 563 g/mol. The molecule has 2 heteroatoms. The van der Waals surface area contributed by atoms with Crippen LogP contribution in [0.15, 0.2) is 140 Å². The van der Waals surface area contributed by atoms with E-state index in [4.69, 9.17) is 4.98 Å². The molecule has 0 N–H and O–H groups in total. The average molecular weight is 598 g/mol. The van der Waals surface area contributed by atoms with Gasteiger partial charge in [0.15, 0.2) is 0 Å². The largest absolute Gasteiger partial charge is 0.236 e. The van der Waals surface area contributed by atoms with Crippen molar-refractivity contribution in [3.05, 3.63) is 173 Å². The lowest BCUT2D eigenvalue weighted by Crippen LogP contribution is -2.29. The van der Waals surface area contributed by atoms with Crippen LogP contribution in [0.5, 0.6) is 0 Å². The summed E-state index contributed by atoms with van der Waals surface area (Å²) in [7, 11) is 0. The highest BCUT2D eigenvalue weighted by Crippen LogP contribution is 2.58. The molecule has 1 nitrogen and oxygen atoms in total. The van der Waals surface area contributed by atoms with Crippen LogP contribution >= 0.6 is 11.3 Å². The van der Waals surface area contributed by atoms with Gasteiger partial charge in [-0.2, -0.15) is 0 Å². The summed E-state index contributed by atoms with van der Waals surface area (Å²) in [5.41, 5.74) is 15.1. The molecule has 9 rings (SSSR count). The number of benzene rings is 6. The summed E-state index contributed by atoms with van der Waals surface area (Å²) in [6, 6.07) is 51.8. The van der Waals surface area contributed by atoms with Crippen LogP contribution in [-0.2, 0) is 10.8 Å². The Hall–Kier alpha value is -4.79. The van der Waals surface area contributed by atoms with Crippen molar-refractivity contribution >= 4 is 21.6 Å². The highest BCUT2D eigenvalue weighted by atomic mass is 32.1. The number of aromatic nitrogens is 1. The lowest BCUT2D eigenvalue weighted by Gasteiger charge is -2.35. The Labute approximate surface area is 269 Å². The Morgan fingerprint density at radius 2 is 1.09 bits per heavy atom. The van der Waals surface area contributed by atoms with Gasteiger partial charge in [0.25, 0.3) is 0 Å². The van der Waals surface area contributed by atoms with Gasteiger partial charge in [0.1, 0.15) is 5.01 Å². The predicted molar refractivity (Wildman–Crippen MR) is 191 cm³/mol. The quantitative estimate of drug-likeness (QED) is 0.197. The van der Waals surface area contributed by atoms with Crippen LogP contribution in [0.2, 0.25) is 0 Å². The molecule has 1 heterocycles. The van der Waals surface area contributed by atoms with E-state index in [2.05, 4.69) is 153 Å². The van der Waals surface area contributed by atoms with E-state index in [0.29, 0.717) is 0 Å². The number of hydrogen-bond donors (Lipinski definition) is 0. The van der Waals surface area contributed by atoms with Crippen molar-refractivity contribution in [3.8, 4) is 32.8 Å². The first kappa shape index (κ1) is 27.7. The summed E-state index contributed by atoms with van der Waals surface area (Å²) in [4.78, 5) is 5.06. The van der Waals surface area contributed by atoms with E-state index in [1.165, 1.54) is 65.9 Å². The summed E-state index contributed by atoms with van der Waals surface area (Å²) >= 11 is 1.77. The van der Waals surface area contributed by atoms with Crippen LogP contribution in [-0.4, -0.2) is 4.98 Å². The van der Waals surface area contributed by atoms with Gasteiger partial charge >= 0.3 is 0 Å². The van der Waals surface area contributed by atoms with Gasteiger partial charge in [-0.3, -0.25) is 0 Å². The van der Waals surface area contributed by atoms with Crippen molar-refractivity contribution in [2.45, 2.75) is 38.5 Å². The van der Waals surface area contributed by atoms with Gasteiger partial charge in [-0.15, -0.1) is 11.3 Å². The minimum atomic E-state index is -0.459. The summed E-state index contributed by atoms with van der Waals surface area (Å²) < 4.78 is 1.22. The molecule has 6 aromatic carbocycles. The summed E-state index contributed by atoms with van der Waals surface area (Å²) in [6.45, 7) is 8.75. The third kappa shape index (κ3) is 3.89. The fourth-order valence-corrected chi connectivity index (χ4v) is 8.78. The van der Waals surface area contributed by atoms with Gasteiger partial charge in [-0.05, 0) is 73.8 Å². The van der Waals surface area contributed by atoms with Crippen molar-refractivity contribution in [3.63, 3.8) is 0 Å². The summed E-state index contributed by atoms with van der Waals surface area (Å²) in [6.07, 6.45) is 0. The molecular formula is C43H35NS. The lowest BCUT2D eigenvalue weighted by atomic mass is 9.66. The molecule has 1 atom stereocenters. The smallest absolute Gasteiger partial charge is 0.124 e. The van der Waals surface area contributed by atoms with Crippen LogP contribution in [0, 0.1) is 0 Å². The summed E-state index contributed by atoms with van der Waals surface area (Å²) in [5.74, 6) is 0. The molecule has 2 aliphatic carbocycles. The van der Waals surface area contributed by atoms with Gasteiger partial charge in [-0.1, -0.05) is 149 Å². The van der Waals surface area contributed by atoms with Crippen molar-refractivity contribution in [2.24, 2.45) is 0 Å². The molecule has 1 unspecified atom stereocenters. The van der Waals surface area contributed by atoms with E-state index in [1.807, 2.05) is 13.8 Å². The SMILES string of the molecule is CC.CC1(C)c2ccccc2-c2ccc(C3(c4ccccc4)c4ccccc4-c4ccc(-c5nc6ccccc6s5)cc43)cc21. The van der Waals surface area contributed by atoms with E-state index < -0.39 is 5.41 Å². The molecule has 218 valence electrons. The monoisotopic (exact) mass is 597 g/mol. The minimum Gasteiger partial charge on any atom is -0.236 e. The molecule has 1 aromatic heterocycles. The number of para-hydroxylation sites is 1. The Bertz CT molecular complexity index is 2190. The molecule has 2 aliphatic rings. The highest BCUT2D eigenvalue weighted by Gasteiger charge is 2.47. The molecule has 45 heavy (non-hydrogen) atoms. The standard InChI is InChI=1S/C41H29NS.C2H6/c1-40(2)33-16-8-6-14-29(33)31-23-21-28(25-35(31)40)41(27-12-4-3-5-13-27)34-17-9-7-15-30(34)32-22-20-26(24-36(32)41)39-42-37-18-10-11-19-38(37)43-39;1-2/h3-25H,1-2H3;1-2H3. The van der Waals surface area contributed by atoms with Gasteiger partial charge in [0, 0.05) is 11.0 Å². The fraction of sp³-hybridized carbons (Fsp3) is 0.140. The highest BCUT2D eigenvalue weighted by molar-refractivity contribution is 7.21. The Kier molecular flexibility index (Phi) is 6.41. The second kappa shape index (κ2) is 10.4. The van der Waals surface area contributed by atoms with E-state index >= 15 is 0 Å². The molecule has 0 amide bonds. The molecule has 0 spiro atoms. The second-order valence-electron chi connectivity index (χ2n) is 12.3. The number of nitrogens with zero attached hydrogens (tertiary/aromatic N) is 1. The fourth-order valence-electron chi connectivity index (χ4n) is 7.82. The zero-order chi connectivity index (χ0) is 30.8. The van der Waals surface area contributed by atoms with Crippen LogP contribution in [0.3, 0.4) is 0 Å². The van der Waals surface area contributed by atoms with Crippen molar-refractivity contribution in [1.29, 1.82) is 0 Å². The van der Waals surface area contributed by atoms with Crippen molar-refractivity contribution in [1.82, 2.24) is 4.98 Å². The Morgan fingerprint density at radius 3 is 1.87 bits per heavy atom. The van der Waals surface area contributed by atoms with E-state index in [9.17, 15) is 0 Å². The normalized spacial score (nSPS) is 16.7. The van der Waals surface area contributed by atoms with E-state index in [-0.39, 0.29) is 5.41 Å². The predicted octanol–water partition coefficient (Wildman–Crippen LogP) is 11.7. The first-order chi connectivity index (χ1) is 22.1. The first-order valence-corrected chi connectivity index (χ1v) is 16.8. The van der Waals surface area contributed by atoms with Crippen LogP contribution in [0.1, 0.15) is 61.1 Å². The second-order valence-corrected chi connectivity index (χ2v) is 13.4. The number of hydrogen-bond acceptors (Lipinski definition) is 2. The molecule has 0 aliphatic heterocycles. The Balaban J connectivity index is 0.00000147. The number of thiazole rings is 1. The number of rotatable bonds is 3. The van der Waals surface area contributed by atoms with Crippen molar-refractivity contribution in [2.75, 3.05) is 0 Å². The molecule has 0 saturated heterocycles. The maximum atomic E-state index is 5.06. The van der Waals surface area contributed by atoms with Gasteiger partial charge in [0.05, 0.1) is 15.6 Å². The molecule has 0 fully saturated rings. The zero-order valence-electron chi connectivity index (χ0n) is 26.1. The third-order valence-corrected chi connectivity index (χ3v) is 10.9. The maximum Gasteiger partial charge on any atom is 0.124 e. The Morgan fingerprint density at radius 1 is 0.489 bits per heavy atom. The number of fused-ring (bicyclic) bond motifs is 7. The van der Waals surface area contributed by atoms with E-state index in [0.717, 1.165) is 10.5 Å². The minimum absolute atomic E-state index is 0.0798. The lowest BCUT2D eigenvalue weighted by molar-refractivity contribution is 0.655. The summed E-state index contributed by atoms with van der Waals surface area (Å²) in [5, 5.41) is 1.06. The van der Waals surface area contributed by atoms with Crippen LogP contribution in [0.4, 0.5) is 0 Å². The average Bonchev–Trinajstić information content (AvgIpc) is 3.73. The maximum absolute atomic E-state index is 5.06. The van der Waals surface area contributed by atoms with Crippen molar-refractivity contribution < 1.29 is 0 Å². The van der Waals surface area contributed by atoms with E-state index in [1.54, 1.807) is 11.3 Å². The molecule has 0 saturated carbocycles. The topological polar surface area (TPSA) is 12.9 Å². The van der Waals surface area contributed by atoms with Crippen LogP contribution in [0.25, 0.3) is 43.0 Å². The zero-order valence-corrected chi connectivity index (χ0v) is 27.0. The van der Waals surface area contributed by atoms with Gasteiger partial charge < -0.3 is 0 Å². The third-order valence-electron chi connectivity index (χ3n) is 9.81. The first-order valence-electron chi connectivity index (χ1n) is 16.0. The van der Waals surface area contributed by atoms with Gasteiger partial charge in [-0.25, -0.2) is 4.98 Å². The molecule has 0 radical (unpaired) electrons. The van der Waals surface area contributed by atoms with Gasteiger partial charge in [0.2, 0.25) is 0 Å². The van der Waals surface area contributed by atoms with Crippen LogP contribution < -0.4 is 0 Å². The molecule has 7 aromatic rings. The molecule has 0 bridgehead atoms.